The summed E-state index contributed by atoms with van der Waals surface area (Å²) in [5.74, 6) is 0. The Kier molecular flexibility index (Phi) is 5.88. The maximum absolute atomic E-state index is 2.58. The van der Waals surface area contributed by atoms with Gasteiger partial charge in [0, 0.05) is 19.6 Å². The minimum atomic E-state index is 1.11. The summed E-state index contributed by atoms with van der Waals surface area (Å²) in [7, 11) is 0. The second kappa shape index (κ2) is 7.02. The van der Waals surface area contributed by atoms with E-state index in [2.05, 4.69) is 35.8 Å². The van der Waals surface area contributed by atoms with Crippen LogP contribution in [0.25, 0.3) is 0 Å². The van der Waals surface area contributed by atoms with Crippen molar-refractivity contribution in [3.05, 3.63) is 12.2 Å². The van der Waals surface area contributed by atoms with Gasteiger partial charge in [0.2, 0.25) is 0 Å². The number of hydrogen-bond donors (Lipinski definition) is 0. The topological polar surface area (TPSA) is 6.48 Å². The number of allylic oxidation sites excluding steroid dienone is 1. The Morgan fingerprint density at radius 3 is 2.57 bits per heavy atom. The highest BCUT2D eigenvalue weighted by Gasteiger charge is 2.11. The molecule has 0 unspecified atom stereocenters. The van der Waals surface area contributed by atoms with E-state index in [1.807, 2.05) is 0 Å². The molecule has 2 nitrogen and oxygen atoms in total. The third-order valence-corrected chi connectivity index (χ3v) is 2.98. The quantitative estimate of drug-likeness (QED) is 0.599. The van der Waals surface area contributed by atoms with Crippen molar-refractivity contribution in [1.82, 2.24) is 9.80 Å². The largest absolute Gasteiger partial charge is 0.302 e. The van der Waals surface area contributed by atoms with Gasteiger partial charge >= 0.3 is 0 Å². The molecule has 1 fully saturated rings. The first-order valence-electron chi connectivity index (χ1n) is 5.92. The minimum Gasteiger partial charge on any atom is -0.302 e. The van der Waals surface area contributed by atoms with Gasteiger partial charge in [0.15, 0.2) is 0 Å². The molecular formula is C12H24N2. The minimum absolute atomic E-state index is 1.11. The summed E-state index contributed by atoms with van der Waals surface area (Å²) in [4.78, 5) is 5.08. The van der Waals surface area contributed by atoms with E-state index in [0.29, 0.717) is 0 Å². The van der Waals surface area contributed by atoms with Crippen LogP contribution >= 0.6 is 0 Å². The molecule has 1 rings (SSSR count). The molecule has 0 aromatic rings. The zero-order valence-corrected chi connectivity index (χ0v) is 9.71. The van der Waals surface area contributed by atoms with E-state index in [1.54, 1.807) is 0 Å². The van der Waals surface area contributed by atoms with Crippen LogP contribution in [0.4, 0.5) is 0 Å². The molecule has 1 aliphatic rings. The predicted molar refractivity (Wildman–Crippen MR) is 62.6 cm³/mol. The summed E-state index contributed by atoms with van der Waals surface area (Å²) >= 11 is 0. The Morgan fingerprint density at radius 1 is 1.29 bits per heavy atom. The summed E-state index contributed by atoms with van der Waals surface area (Å²) in [6.45, 7) is 11.7. The van der Waals surface area contributed by atoms with E-state index in [9.17, 15) is 0 Å². The van der Waals surface area contributed by atoms with E-state index in [-0.39, 0.29) is 0 Å². The Bertz CT molecular complexity index is 160. The van der Waals surface area contributed by atoms with Crippen molar-refractivity contribution in [3.63, 3.8) is 0 Å². The van der Waals surface area contributed by atoms with Crippen LogP contribution in [0.3, 0.4) is 0 Å². The van der Waals surface area contributed by atoms with Crippen molar-refractivity contribution < 1.29 is 0 Å². The van der Waals surface area contributed by atoms with Gasteiger partial charge in [0.25, 0.3) is 0 Å². The van der Waals surface area contributed by atoms with Crippen molar-refractivity contribution >= 4 is 0 Å². The number of hydrogen-bond acceptors (Lipinski definition) is 2. The Morgan fingerprint density at radius 2 is 2.00 bits per heavy atom. The van der Waals surface area contributed by atoms with Gasteiger partial charge in [-0.15, -0.1) is 0 Å². The van der Waals surface area contributed by atoms with Gasteiger partial charge in [0.05, 0.1) is 0 Å². The monoisotopic (exact) mass is 196 g/mol. The predicted octanol–water partition coefficient (Wildman–Crippen LogP) is 1.98. The number of nitrogens with zero attached hydrogens (tertiary/aromatic N) is 2. The normalized spacial score (nSPS) is 18.8. The highest BCUT2D eigenvalue weighted by atomic mass is 15.2. The first kappa shape index (κ1) is 11.7. The van der Waals surface area contributed by atoms with Crippen LogP contribution < -0.4 is 0 Å². The number of rotatable bonds is 6. The number of likely N-dealkylation sites (N-methyl/N-ethyl adjacent to an activating group) is 1. The van der Waals surface area contributed by atoms with E-state index in [1.165, 1.54) is 39.0 Å². The molecule has 0 amide bonds. The SMILES string of the molecule is CC=CCN(CC)CCN1CCCC1. The lowest BCUT2D eigenvalue weighted by Crippen LogP contribution is -2.33. The first-order valence-corrected chi connectivity index (χ1v) is 5.92. The zero-order valence-electron chi connectivity index (χ0n) is 9.71. The molecule has 0 aromatic carbocycles. The van der Waals surface area contributed by atoms with E-state index >= 15 is 0 Å². The fourth-order valence-electron chi connectivity index (χ4n) is 1.92. The van der Waals surface area contributed by atoms with Crippen LogP contribution in [0, 0.1) is 0 Å². The summed E-state index contributed by atoms with van der Waals surface area (Å²) in [6, 6.07) is 0. The Labute approximate surface area is 88.6 Å². The van der Waals surface area contributed by atoms with Crippen molar-refractivity contribution in [2.24, 2.45) is 0 Å². The lowest BCUT2D eigenvalue weighted by Gasteiger charge is -2.22. The zero-order chi connectivity index (χ0) is 10.2. The second-order valence-electron chi connectivity index (χ2n) is 4.01. The standard InChI is InChI=1S/C12H24N2/c1-3-5-8-13(4-2)11-12-14-9-6-7-10-14/h3,5H,4,6-12H2,1-2H3. The second-order valence-corrected chi connectivity index (χ2v) is 4.01. The molecule has 0 aliphatic carbocycles. The van der Waals surface area contributed by atoms with Crippen LogP contribution in [-0.4, -0.2) is 49.1 Å². The highest BCUT2D eigenvalue weighted by molar-refractivity contribution is 4.81. The molecule has 1 saturated heterocycles. The Balaban J connectivity index is 2.12. The highest BCUT2D eigenvalue weighted by Crippen LogP contribution is 2.06. The van der Waals surface area contributed by atoms with Crippen molar-refractivity contribution in [3.8, 4) is 0 Å². The van der Waals surface area contributed by atoms with Gasteiger partial charge in [-0.1, -0.05) is 19.1 Å². The average Bonchev–Trinajstić information content (AvgIpc) is 2.71. The molecular weight excluding hydrogens is 172 g/mol. The van der Waals surface area contributed by atoms with Crippen LogP contribution in [0.5, 0.6) is 0 Å². The van der Waals surface area contributed by atoms with Crippen LogP contribution in [0.2, 0.25) is 0 Å². The van der Waals surface area contributed by atoms with Gasteiger partial charge in [0.1, 0.15) is 0 Å². The smallest absolute Gasteiger partial charge is 0.0163 e. The fraction of sp³-hybridized carbons (Fsp3) is 0.833. The summed E-state index contributed by atoms with van der Waals surface area (Å²) in [5, 5.41) is 0. The molecule has 0 N–H and O–H groups in total. The molecule has 0 aromatic heterocycles. The van der Waals surface area contributed by atoms with Gasteiger partial charge in [-0.3, -0.25) is 4.90 Å². The fourth-order valence-corrected chi connectivity index (χ4v) is 1.92. The van der Waals surface area contributed by atoms with Gasteiger partial charge < -0.3 is 4.90 Å². The van der Waals surface area contributed by atoms with Crippen LogP contribution in [-0.2, 0) is 0 Å². The van der Waals surface area contributed by atoms with Crippen LogP contribution in [0.1, 0.15) is 26.7 Å². The molecule has 0 spiro atoms. The Hall–Kier alpha value is -0.340. The van der Waals surface area contributed by atoms with E-state index in [4.69, 9.17) is 0 Å². The van der Waals surface area contributed by atoms with Gasteiger partial charge in [-0.2, -0.15) is 0 Å². The lowest BCUT2D eigenvalue weighted by atomic mass is 10.4. The summed E-state index contributed by atoms with van der Waals surface area (Å²) < 4.78 is 0. The maximum atomic E-state index is 2.58. The van der Waals surface area contributed by atoms with Crippen molar-refractivity contribution in [1.29, 1.82) is 0 Å². The van der Waals surface area contributed by atoms with Gasteiger partial charge in [-0.25, -0.2) is 0 Å². The molecule has 0 atom stereocenters. The molecule has 0 saturated carbocycles. The molecule has 2 heteroatoms. The maximum Gasteiger partial charge on any atom is 0.0163 e. The summed E-state index contributed by atoms with van der Waals surface area (Å²) in [5.41, 5.74) is 0. The van der Waals surface area contributed by atoms with Gasteiger partial charge in [-0.05, 0) is 39.4 Å². The molecule has 14 heavy (non-hydrogen) atoms. The lowest BCUT2D eigenvalue weighted by molar-refractivity contribution is 0.249. The summed E-state index contributed by atoms with van der Waals surface area (Å²) in [6.07, 6.45) is 7.19. The third kappa shape index (κ3) is 4.25. The molecule has 1 aliphatic heterocycles. The van der Waals surface area contributed by atoms with Crippen LogP contribution in [0.15, 0.2) is 12.2 Å². The van der Waals surface area contributed by atoms with E-state index in [0.717, 1.165) is 13.1 Å². The van der Waals surface area contributed by atoms with E-state index < -0.39 is 0 Å². The van der Waals surface area contributed by atoms with Crippen molar-refractivity contribution in [2.45, 2.75) is 26.7 Å². The third-order valence-electron chi connectivity index (χ3n) is 2.98. The first-order chi connectivity index (χ1) is 6.86. The molecule has 1 heterocycles. The molecule has 82 valence electrons. The van der Waals surface area contributed by atoms with Crippen molar-refractivity contribution in [2.75, 3.05) is 39.3 Å². The molecule has 0 bridgehead atoms. The average molecular weight is 196 g/mol. The number of likely N-dealkylation sites (tertiary alicyclic amines) is 1. The molecule has 0 radical (unpaired) electrons.